The summed E-state index contributed by atoms with van der Waals surface area (Å²) < 4.78 is 1.78. The number of imidazole rings is 1. The Hall–Kier alpha value is -2.86. The van der Waals surface area contributed by atoms with E-state index in [1.807, 2.05) is 31.2 Å². The van der Waals surface area contributed by atoms with Crippen LogP contribution in [0.4, 0.5) is 0 Å². The highest BCUT2D eigenvalue weighted by molar-refractivity contribution is 7.99. The van der Waals surface area contributed by atoms with E-state index in [2.05, 4.69) is 31.6 Å². The Morgan fingerprint density at radius 1 is 1.44 bits per heavy atom. The van der Waals surface area contributed by atoms with Gasteiger partial charge in [-0.05, 0) is 42.3 Å². The van der Waals surface area contributed by atoms with Crippen molar-refractivity contribution in [3.05, 3.63) is 35.8 Å². The van der Waals surface area contributed by atoms with Crippen LogP contribution in [0.2, 0.25) is 0 Å². The molecule has 2 aromatic heterocycles. The van der Waals surface area contributed by atoms with Gasteiger partial charge in [0.25, 0.3) is 0 Å². The van der Waals surface area contributed by atoms with Crippen molar-refractivity contribution in [2.24, 2.45) is 0 Å². The van der Waals surface area contributed by atoms with Crippen molar-refractivity contribution in [1.29, 1.82) is 5.26 Å². The van der Waals surface area contributed by atoms with Crippen LogP contribution < -0.4 is 0 Å². The fourth-order valence-corrected chi connectivity index (χ4v) is 3.45. The fourth-order valence-electron chi connectivity index (χ4n) is 2.53. The van der Waals surface area contributed by atoms with Crippen molar-refractivity contribution in [3.63, 3.8) is 0 Å². The van der Waals surface area contributed by atoms with Crippen LogP contribution in [0.25, 0.3) is 16.6 Å². The number of fused-ring (bicyclic) bond motifs is 1. The molecule has 1 saturated carbocycles. The molecular weight excluding hydrogens is 338 g/mol. The van der Waals surface area contributed by atoms with Gasteiger partial charge in [0.2, 0.25) is 5.16 Å². The molecule has 1 aromatic carbocycles. The van der Waals surface area contributed by atoms with Crippen molar-refractivity contribution in [2.75, 3.05) is 0 Å². The Kier molecular flexibility index (Phi) is 3.89. The largest absolute Gasteiger partial charge is 0.510 e. The van der Waals surface area contributed by atoms with Crippen LogP contribution in [0.5, 0.6) is 0 Å². The number of allylic oxidation sites excluding steroid dienone is 1. The molecule has 1 unspecified atom stereocenters. The molecule has 0 radical (unpaired) electrons. The minimum absolute atomic E-state index is 0.0445. The predicted molar refractivity (Wildman–Crippen MR) is 92.7 cm³/mol. The highest BCUT2D eigenvalue weighted by Crippen LogP contribution is 2.38. The first kappa shape index (κ1) is 15.7. The first-order valence-corrected chi connectivity index (χ1v) is 8.78. The predicted octanol–water partition coefficient (Wildman–Crippen LogP) is 2.86. The number of benzene rings is 1. The monoisotopic (exact) mass is 353 g/mol. The van der Waals surface area contributed by atoms with Crippen LogP contribution in [0, 0.1) is 11.3 Å². The van der Waals surface area contributed by atoms with Crippen molar-refractivity contribution in [1.82, 2.24) is 30.2 Å². The third-order valence-electron chi connectivity index (χ3n) is 4.02. The van der Waals surface area contributed by atoms with E-state index in [0.29, 0.717) is 17.0 Å². The van der Waals surface area contributed by atoms with Gasteiger partial charge in [0.05, 0.1) is 22.3 Å². The Morgan fingerprint density at radius 3 is 2.96 bits per heavy atom. The number of aromatic nitrogens is 6. The van der Waals surface area contributed by atoms with Crippen molar-refractivity contribution < 1.29 is 5.11 Å². The molecule has 3 aromatic rings. The number of H-pyrrole nitrogens is 1. The lowest BCUT2D eigenvalue weighted by atomic mass is 10.2. The molecule has 0 saturated heterocycles. The Morgan fingerprint density at radius 2 is 2.24 bits per heavy atom. The van der Waals surface area contributed by atoms with Crippen LogP contribution in [-0.2, 0) is 0 Å². The van der Waals surface area contributed by atoms with Gasteiger partial charge in [-0.2, -0.15) is 5.26 Å². The summed E-state index contributed by atoms with van der Waals surface area (Å²) in [5, 5.41) is 32.1. The molecule has 1 fully saturated rings. The lowest BCUT2D eigenvalue weighted by molar-refractivity contribution is 0.401. The number of aliphatic hydroxyl groups excluding tert-OH is 1. The normalized spacial score (nSPS) is 16.5. The maximum atomic E-state index is 10.6. The molecule has 0 amide bonds. The smallest absolute Gasteiger partial charge is 0.210 e. The highest BCUT2D eigenvalue weighted by Gasteiger charge is 2.29. The second kappa shape index (κ2) is 6.22. The van der Waals surface area contributed by atoms with Gasteiger partial charge in [0.1, 0.15) is 17.4 Å². The fraction of sp³-hybridized carbons (Fsp3) is 0.312. The first-order valence-electron chi connectivity index (χ1n) is 7.90. The number of nitriles is 1. The zero-order valence-electron chi connectivity index (χ0n) is 13.4. The van der Waals surface area contributed by atoms with Gasteiger partial charge in [-0.15, -0.1) is 5.10 Å². The number of hydrogen-bond acceptors (Lipinski definition) is 7. The average Bonchev–Trinajstić information content (AvgIpc) is 3.20. The zero-order valence-corrected chi connectivity index (χ0v) is 14.2. The van der Waals surface area contributed by atoms with E-state index in [9.17, 15) is 10.4 Å². The Labute approximate surface area is 147 Å². The van der Waals surface area contributed by atoms with E-state index in [1.165, 1.54) is 11.8 Å². The molecule has 9 heteroatoms. The second-order valence-electron chi connectivity index (χ2n) is 5.87. The minimum Gasteiger partial charge on any atom is -0.510 e. The van der Waals surface area contributed by atoms with Crippen LogP contribution >= 0.6 is 11.8 Å². The number of aliphatic hydroxyl groups is 1. The summed E-state index contributed by atoms with van der Waals surface area (Å²) in [6.45, 7) is 1.81. The molecule has 2 heterocycles. The van der Waals surface area contributed by atoms with E-state index in [0.717, 1.165) is 23.9 Å². The van der Waals surface area contributed by atoms with Gasteiger partial charge < -0.3 is 10.1 Å². The van der Waals surface area contributed by atoms with Crippen LogP contribution in [0.15, 0.2) is 35.2 Å². The van der Waals surface area contributed by atoms with Crippen molar-refractivity contribution >= 4 is 28.4 Å². The van der Waals surface area contributed by atoms with Gasteiger partial charge in [0.15, 0.2) is 5.82 Å². The third-order valence-corrected chi connectivity index (χ3v) is 5.07. The van der Waals surface area contributed by atoms with E-state index in [-0.39, 0.29) is 16.6 Å². The number of tetrazole rings is 1. The molecule has 0 aliphatic heterocycles. The Bertz CT molecular complexity index is 962. The topological polar surface area (TPSA) is 116 Å². The molecule has 0 bridgehead atoms. The summed E-state index contributed by atoms with van der Waals surface area (Å²) in [6, 6.07) is 9.89. The minimum atomic E-state index is -0.383. The first-order chi connectivity index (χ1) is 12.2. The zero-order chi connectivity index (χ0) is 17.4. The lowest BCUT2D eigenvalue weighted by Crippen LogP contribution is -2.07. The molecule has 0 spiro atoms. The summed E-state index contributed by atoms with van der Waals surface area (Å²) >= 11 is 1.32. The van der Waals surface area contributed by atoms with Gasteiger partial charge >= 0.3 is 0 Å². The molecule has 1 aliphatic carbocycles. The number of hydrogen-bond donors (Lipinski definition) is 2. The second-order valence-corrected chi connectivity index (χ2v) is 7.18. The van der Waals surface area contributed by atoms with E-state index in [1.54, 1.807) is 4.68 Å². The Balaban J connectivity index is 1.64. The van der Waals surface area contributed by atoms with E-state index in [4.69, 9.17) is 0 Å². The number of thioether (sulfide) groups is 1. The molecule has 1 atom stereocenters. The van der Waals surface area contributed by atoms with Gasteiger partial charge in [-0.1, -0.05) is 23.9 Å². The number of nitrogens with one attached hydrogen (secondary N) is 1. The quantitative estimate of drug-likeness (QED) is 0.411. The lowest BCUT2D eigenvalue weighted by Gasteiger charge is -2.11. The summed E-state index contributed by atoms with van der Waals surface area (Å²) in [7, 11) is 0. The molecule has 2 N–H and O–H groups in total. The average molecular weight is 353 g/mol. The molecule has 1 aliphatic rings. The summed E-state index contributed by atoms with van der Waals surface area (Å²) in [5.74, 6) is 0.312. The molecule has 126 valence electrons. The van der Waals surface area contributed by atoms with Gasteiger partial charge in [0, 0.05) is 0 Å². The van der Waals surface area contributed by atoms with Crippen LogP contribution in [-0.4, -0.2) is 40.5 Å². The highest BCUT2D eigenvalue weighted by atomic mass is 32.2. The SMILES string of the molecule is CC(Sc1nnnn1C1CC1)/C(O)=C(/C#N)c1nc2ccccc2[nH]1. The van der Waals surface area contributed by atoms with Crippen molar-refractivity contribution in [2.45, 2.75) is 36.2 Å². The van der Waals surface area contributed by atoms with Crippen LogP contribution in [0.1, 0.15) is 31.6 Å². The number of rotatable bonds is 5. The number of para-hydroxylation sites is 2. The van der Waals surface area contributed by atoms with E-state index >= 15 is 0 Å². The number of nitrogens with zero attached hydrogens (tertiary/aromatic N) is 6. The van der Waals surface area contributed by atoms with Crippen molar-refractivity contribution in [3.8, 4) is 6.07 Å². The van der Waals surface area contributed by atoms with Crippen LogP contribution in [0.3, 0.4) is 0 Å². The molecule has 25 heavy (non-hydrogen) atoms. The number of aromatic amines is 1. The van der Waals surface area contributed by atoms with Gasteiger partial charge in [-0.25, -0.2) is 9.67 Å². The van der Waals surface area contributed by atoms with E-state index < -0.39 is 0 Å². The standard InChI is InChI=1S/C16H15N7OS/c1-9(25-16-20-21-22-23(16)10-6-7-10)14(24)11(8-17)15-18-12-4-2-3-5-13(12)19-15/h2-5,9-10,24H,6-7H2,1H3,(H,18,19)/b14-11+. The third kappa shape index (κ3) is 2.96. The maximum Gasteiger partial charge on any atom is 0.210 e. The summed E-state index contributed by atoms with van der Waals surface area (Å²) in [4.78, 5) is 7.46. The molecule has 4 rings (SSSR count). The maximum absolute atomic E-state index is 10.6. The van der Waals surface area contributed by atoms with Gasteiger partial charge in [-0.3, -0.25) is 0 Å². The molecular formula is C16H15N7OS. The summed E-state index contributed by atoms with van der Waals surface area (Å²) in [5.41, 5.74) is 1.69. The molecule has 8 nitrogen and oxygen atoms in total. The summed E-state index contributed by atoms with van der Waals surface area (Å²) in [6.07, 6.45) is 2.13.